The molecule has 0 amide bonds. The van der Waals surface area contributed by atoms with Crippen molar-refractivity contribution < 1.29 is 9.90 Å². The van der Waals surface area contributed by atoms with Crippen molar-refractivity contribution in [1.82, 2.24) is 15.3 Å². The zero-order valence-corrected chi connectivity index (χ0v) is 12.5. The van der Waals surface area contributed by atoms with E-state index in [-0.39, 0.29) is 0 Å². The van der Waals surface area contributed by atoms with Crippen LogP contribution in [0.3, 0.4) is 0 Å². The van der Waals surface area contributed by atoms with Crippen molar-refractivity contribution in [2.24, 2.45) is 0 Å². The number of aryl methyl sites for hydroxylation is 1. The monoisotopic (exact) mass is 283 g/mol. The van der Waals surface area contributed by atoms with Gasteiger partial charge in [0.25, 0.3) is 0 Å². The molecule has 0 fully saturated rings. The second-order valence-electron chi connectivity index (χ2n) is 4.60. The predicted octanol–water partition coefficient (Wildman–Crippen LogP) is 2.11. The van der Waals surface area contributed by atoms with Crippen LogP contribution in [0.2, 0.25) is 0 Å². The molecule has 1 aromatic rings. The molecular formula is C13H21N3O2S. The fraction of sp³-hybridized carbons (Fsp3) is 0.615. The first-order chi connectivity index (χ1) is 8.98. The quantitative estimate of drug-likeness (QED) is 0.432. The molecule has 1 atom stereocenters. The summed E-state index contributed by atoms with van der Waals surface area (Å²) in [7, 11) is 0. The number of carboxylic acids is 1. The maximum Gasteiger partial charge on any atom is 0.323 e. The number of nitrogens with one attached hydrogen (secondary N) is 1. The zero-order valence-electron chi connectivity index (χ0n) is 11.6. The third kappa shape index (κ3) is 5.16. The smallest absolute Gasteiger partial charge is 0.323 e. The number of thioether (sulfide) groups is 1. The first-order valence-electron chi connectivity index (χ1n) is 6.39. The summed E-state index contributed by atoms with van der Waals surface area (Å²) in [5, 5.41) is 13.0. The first kappa shape index (κ1) is 15.9. The van der Waals surface area contributed by atoms with Crippen molar-refractivity contribution in [2.75, 3.05) is 12.3 Å². The molecule has 19 heavy (non-hydrogen) atoms. The van der Waals surface area contributed by atoms with Gasteiger partial charge in [-0.05, 0) is 39.3 Å². The molecule has 106 valence electrons. The molecule has 0 aliphatic heterocycles. The van der Waals surface area contributed by atoms with Crippen molar-refractivity contribution in [2.45, 2.75) is 44.3 Å². The van der Waals surface area contributed by atoms with Crippen LogP contribution < -0.4 is 5.32 Å². The van der Waals surface area contributed by atoms with E-state index in [0.29, 0.717) is 13.0 Å². The van der Waals surface area contributed by atoms with Gasteiger partial charge < -0.3 is 10.4 Å². The molecule has 0 aromatic carbocycles. The topological polar surface area (TPSA) is 75.1 Å². The number of rotatable bonds is 8. The van der Waals surface area contributed by atoms with E-state index in [2.05, 4.69) is 15.3 Å². The van der Waals surface area contributed by atoms with Gasteiger partial charge in [0.15, 0.2) is 5.16 Å². The molecule has 1 heterocycles. The second-order valence-corrected chi connectivity index (χ2v) is 5.66. The normalized spacial score (nSPS) is 14.1. The number of hydrogen-bond acceptors (Lipinski definition) is 5. The minimum Gasteiger partial charge on any atom is -0.480 e. The maximum atomic E-state index is 11.2. The molecule has 0 bridgehead atoms. The Morgan fingerprint density at radius 2 is 2.32 bits per heavy atom. The number of nitrogens with zero attached hydrogens (tertiary/aromatic N) is 2. The molecule has 0 aliphatic rings. The Balaban J connectivity index is 2.39. The third-order valence-corrected chi connectivity index (χ3v) is 3.81. The first-order valence-corrected chi connectivity index (χ1v) is 7.37. The van der Waals surface area contributed by atoms with E-state index in [1.807, 2.05) is 19.9 Å². The van der Waals surface area contributed by atoms with E-state index in [0.717, 1.165) is 23.0 Å². The molecule has 0 radical (unpaired) electrons. The molecule has 0 spiro atoms. The van der Waals surface area contributed by atoms with Gasteiger partial charge in [0.05, 0.1) is 0 Å². The van der Waals surface area contributed by atoms with E-state index in [1.54, 1.807) is 24.9 Å². The Morgan fingerprint density at radius 1 is 1.58 bits per heavy atom. The van der Waals surface area contributed by atoms with Gasteiger partial charge in [0, 0.05) is 17.6 Å². The van der Waals surface area contributed by atoms with Crippen LogP contribution in [0.15, 0.2) is 17.4 Å². The number of carbonyl (C=O) groups is 1. The third-order valence-electron chi connectivity index (χ3n) is 2.86. The Bertz CT molecular complexity index is 428. The zero-order chi connectivity index (χ0) is 14.3. The summed E-state index contributed by atoms with van der Waals surface area (Å²) in [5.74, 6) is 0.0173. The lowest BCUT2D eigenvalue weighted by Crippen LogP contribution is -2.49. The standard InChI is InChI=1S/C13H21N3O2S/c1-4-15-13(3,11(17)18)7-5-9-19-12-14-8-6-10(2)16-12/h6,8,15H,4-5,7,9H2,1-3H3,(H,17,18). The van der Waals surface area contributed by atoms with Crippen LogP contribution in [0.5, 0.6) is 0 Å². The highest BCUT2D eigenvalue weighted by Gasteiger charge is 2.31. The van der Waals surface area contributed by atoms with Crippen LogP contribution in [-0.4, -0.2) is 38.9 Å². The van der Waals surface area contributed by atoms with Crippen molar-refractivity contribution in [1.29, 1.82) is 0 Å². The van der Waals surface area contributed by atoms with Crippen molar-refractivity contribution in [3.05, 3.63) is 18.0 Å². The van der Waals surface area contributed by atoms with Gasteiger partial charge in [-0.2, -0.15) is 0 Å². The summed E-state index contributed by atoms with van der Waals surface area (Å²) in [6.07, 6.45) is 3.14. The summed E-state index contributed by atoms with van der Waals surface area (Å²) < 4.78 is 0. The molecule has 0 saturated heterocycles. The number of aromatic nitrogens is 2. The average molecular weight is 283 g/mol. The Morgan fingerprint density at radius 3 is 2.89 bits per heavy atom. The molecule has 0 aliphatic carbocycles. The van der Waals surface area contributed by atoms with Gasteiger partial charge in [-0.1, -0.05) is 18.7 Å². The molecule has 0 saturated carbocycles. The van der Waals surface area contributed by atoms with Gasteiger partial charge in [-0.3, -0.25) is 4.79 Å². The van der Waals surface area contributed by atoms with E-state index < -0.39 is 11.5 Å². The van der Waals surface area contributed by atoms with Gasteiger partial charge in [-0.25, -0.2) is 9.97 Å². The van der Waals surface area contributed by atoms with E-state index in [1.165, 1.54) is 0 Å². The number of aliphatic carboxylic acids is 1. The average Bonchev–Trinajstić information content (AvgIpc) is 2.35. The molecule has 2 N–H and O–H groups in total. The molecule has 5 nitrogen and oxygen atoms in total. The lowest BCUT2D eigenvalue weighted by molar-refractivity contribution is -0.144. The molecule has 6 heteroatoms. The highest BCUT2D eigenvalue weighted by Crippen LogP contribution is 2.19. The lowest BCUT2D eigenvalue weighted by Gasteiger charge is -2.25. The van der Waals surface area contributed by atoms with E-state index in [4.69, 9.17) is 0 Å². The summed E-state index contributed by atoms with van der Waals surface area (Å²) in [6.45, 7) is 6.22. The van der Waals surface area contributed by atoms with Crippen molar-refractivity contribution >= 4 is 17.7 Å². The Kier molecular flexibility index (Phi) is 6.24. The van der Waals surface area contributed by atoms with Gasteiger partial charge in [-0.15, -0.1) is 0 Å². The second kappa shape index (κ2) is 7.45. The van der Waals surface area contributed by atoms with Crippen LogP contribution in [-0.2, 0) is 4.79 Å². The molecule has 1 rings (SSSR count). The van der Waals surface area contributed by atoms with Gasteiger partial charge in [0.2, 0.25) is 0 Å². The summed E-state index contributed by atoms with van der Waals surface area (Å²) in [6, 6.07) is 1.86. The van der Waals surface area contributed by atoms with Gasteiger partial charge in [0.1, 0.15) is 5.54 Å². The number of carboxylic acid groups (broad SMARTS) is 1. The highest BCUT2D eigenvalue weighted by atomic mass is 32.2. The van der Waals surface area contributed by atoms with Crippen LogP contribution in [0.4, 0.5) is 0 Å². The molecule has 1 unspecified atom stereocenters. The summed E-state index contributed by atoms with van der Waals surface area (Å²) >= 11 is 1.56. The van der Waals surface area contributed by atoms with Crippen LogP contribution in [0.25, 0.3) is 0 Å². The molecular weight excluding hydrogens is 262 g/mol. The summed E-state index contributed by atoms with van der Waals surface area (Å²) in [4.78, 5) is 19.7. The van der Waals surface area contributed by atoms with Crippen LogP contribution in [0, 0.1) is 6.92 Å². The fourth-order valence-corrected chi connectivity index (χ4v) is 2.56. The Hall–Kier alpha value is -1.14. The minimum absolute atomic E-state index is 0.592. The minimum atomic E-state index is -0.844. The summed E-state index contributed by atoms with van der Waals surface area (Å²) in [5.41, 5.74) is 0.100. The van der Waals surface area contributed by atoms with E-state index >= 15 is 0 Å². The van der Waals surface area contributed by atoms with Crippen LogP contribution >= 0.6 is 11.8 Å². The SMILES string of the molecule is CCNC(C)(CCCSc1nccc(C)n1)C(=O)O. The van der Waals surface area contributed by atoms with Crippen molar-refractivity contribution in [3.8, 4) is 0 Å². The predicted molar refractivity (Wildman–Crippen MR) is 76.4 cm³/mol. The van der Waals surface area contributed by atoms with Crippen molar-refractivity contribution in [3.63, 3.8) is 0 Å². The highest BCUT2D eigenvalue weighted by molar-refractivity contribution is 7.99. The molecule has 1 aromatic heterocycles. The maximum absolute atomic E-state index is 11.2. The van der Waals surface area contributed by atoms with Gasteiger partial charge >= 0.3 is 5.97 Å². The Labute approximate surface area is 118 Å². The largest absolute Gasteiger partial charge is 0.480 e. The van der Waals surface area contributed by atoms with E-state index in [9.17, 15) is 9.90 Å². The fourth-order valence-electron chi connectivity index (χ4n) is 1.75. The number of hydrogen-bond donors (Lipinski definition) is 2. The van der Waals surface area contributed by atoms with Crippen LogP contribution in [0.1, 0.15) is 32.4 Å². The lowest BCUT2D eigenvalue weighted by atomic mass is 9.96. The number of likely N-dealkylation sites (N-methyl/N-ethyl adjacent to an activating group) is 1.